The van der Waals surface area contributed by atoms with Crippen molar-refractivity contribution in [2.75, 3.05) is 0 Å². The molecule has 0 aliphatic carbocycles. The van der Waals surface area contributed by atoms with Crippen molar-refractivity contribution in [2.45, 2.75) is 43.6 Å². The van der Waals surface area contributed by atoms with Crippen LogP contribution in [0.25, 0.3) is 0 Å². The number of rotatable bonds is 2. The Morgan fingerprint density at radius 1 is 1.43 bits per heavy atom. The number of carbonyl (C=O) groups excluding carboxylic acids is 1. The lowest BCUT2D eigenvalue weighted by Gasteiger charge is -2.21. The Balaban J connectivity index is 1.76. The highest BCUT2D eigenvalue weighted by Gasteiger charge is 2.40. The summed E-state index contributed by atoms with van der Waals surface area (Å²) < 4.78 is 38.3. The molecule has 21 heavy (non-hydrogen) atoms. The molecule has 1 aromatic rings. The van der Waals surface area contributed by atoms with Gasteiger partial charge >= 0.3 is 6.18 Å². The summed E-state index contributed by atoms with van der Waals surface area (Å²) in [4.78, 5) is 15.7. The first-order valence-electron chi connectivity index (χ1n) is 6.64. The number of nitrogens with zero attached hydrogens (tertiary/aromatic N) is 1. The summed E-state index contributed by atoms with van der Waals surface area (Å²) in [5.74, 6) is -0.600. The molecule has 3 atom stereocenters. The van der Waals surface area contributed by atoms with Crippen LogP contribution in [0.1, 0.15) is 35.3 Å². The van der Waals surface area contributed by atoms with Gasteiger partial charge in [-0.1, -0.05) is 11.6 Å². The minimum atomic E-state index is -4.61. The van der Waals surface area contributed by atoms with E-state index in [9.17, 15) is 18.0 Å². The molecule has 1 amide bonds. The standard InChI is InChI=1S/C13H13ClF3N3O/c14-8-5-18-11(4-7(8)13(15,16)17)12(21)20-10-3-6-1-2-9(10)19-6/h4-6,9-10,19H,1-3H2,(H,20,21). The molecule has 0 aromatic carbocycles. The Morgan fingerprint density at radius 2 is 2.19 bits per heavy atom. The van der Waals surface area contributed by atoms with E-state index in [4.69, 9.17) is 11.6 Å². The number of nitrogens with one attached hydrogen (secondary N) is 2. The van der Waals surface area contributed by atoms with Crippen molar-refractivity contribution in [3.05, 3.63) is 28.5 Å². The number of hydrogen-bond acceptors (Lipinski definition) is 3. The predicted molar refractivity (Wildman–Crippen MR) is 70.1 cm³/mol. The molecule has 114 valence electrons. The summed E-state index contributed by atoms with van der Waals surface area (Å²) in [6, 6.07) is 1.23. The third-order valence-electron chi connectivity index (χ3n) is 4.01. The summed E-state index contributed by atoms with van der Waals surface area (Å²) in [5, 5.41) is 5.58. The van der Waals surface area contributed by atoms with E-state index in [2.05, 4.69) is 15.6 Å². The van der Waals surface area contributed by atoms with E-state index in [0.717, 1.165) is 25.5 Å². The van der Waals surface area contributed by atoms with E-state index in [1.165, 1.54) is 0 Å². The van der Waals surface area contributed by atoms with Gasteiger partial charge in [0.25, 0.3) is 5.91 Å². The lowest BCUT2D eigenvalue weighted by molar-refractivity contribution is -0.137. The summed E-state index contributed by atoms with van der Waals surface area (Å²) in [5.41, 5.74) is -1.31. The monoisotopic (exact) mass is 319 g/mol. The Labute approximate surface area is 124 Å². The first-order chi connectivity index (χ1) is 9.84. The Morgan fingerprint density at radius 3 is 2.76 bits per heavy atom. The van der Waals surface area contributed by atoms with Crippen LogP contribution in [0.5, 0.6) is 0 Å². The van der Waals surface area contributed by atoms with Crippen LogP contribution >= 0.6 is 11.6 Å². The second-order valence-corrected chi connectivity index (χ2v) is 5.82. The first kappa shape index (κ1) is 14.6. The number of pyridine rings is 1. The van der Waals surface area contributed by atoms with Gasteiger partial charge in [-0.15, -0.1) is 0 Å². The van der Waals surface area contributed by atoms with Gasteiger partial charge in [0, 0.05) is 24.3 Å². The maximum atomic E-state index is 12.8. The Bertz CT molecular complexity index is 578. The van der Waals surface area contributed by atoms with Crippen molar-refractivity contribution < 1.29 is 18.0 Å². The third-order valence-corrected chi connectivity index (χ3v) is 4.31. The Kier molecular flexibility index (Phi) is 3.57. The number of halogens is 4. The fourth-order valence-electron chi connectivity index (χ4n) is 3.01. The molecule has 2 fully saturated rings. The topological polar surface area (TPSA) is 54.0 Å². The van der Waals surface area contributed by atoms with Gasteiger partial charge in [0.15, 0.2) is 0 Å². The molecule has 0 spiro atoms. The lowest BCUT2D eigenvalue weighted by atomic mass is 9.95. The SMILES string of the molecule is O=C(NC1CC2CCC1N2)c1cc(C(F)(F)F)c(Cl)cn1. The molecule has 2 N–H and O–H groups in total. The molecule has 2 bridgehead atoms. The summed E-state index contributed by atoms with van der Waals surface area (Å²) in [7, 11) is 0. The molecule has 8 heteroatoms. The summed E-state index contributed by atoms with van der Waals surface area (Å²) in [6.07, 6.45) is -0.899. The number of fused-ring (bicyclic) bond motifs is 2. The average molecular weight is 320 g/mol. The normalized spacial score (nSPS) is 27.9. The van der Waals surface area contributed by atoms with E-state index >= 15 is 0 Å². The predicted octanol–water partition coefficient (Wildman–Crippen LogP) is 2.38. The van der Waals surface area contributed by atoms with Crippen LogP contribution in [-0.4, -0.2) is 29.0 Å². The van der Waals surface area contributed by atoms with E-state index in [0.29, 0.717) is 12.1 Å². The zero-order chi connectivity index (χ0) is 15.2. The van der Waals surface area contributed by atoms with Crippen molar-refractivity contribution >= 4 is 17.5 Å². The molecule has 4 nitrogen and oxygen atoms in total. The molecule has 2 aliphatic heterocycles. The number of hydrogen-bond donors (Lipinski definition) is 2. The molecule has 0 radical (unpaired) electrons. The maximum absolute atomic E-state index is 12.8. The lowest BCUT2D eigenvalue weighted by Crippen LogP contribution is -2.43. The van der Waals surface area contributed by atoms with Gasteiger partial charge in [-0.25, -0.2) is 4.98 Å². The van der Waals surface area contributed by atoms with Gasteiger partial charge < -0.3 is 10.6 Å². The molecule has 1 aromatic heterocycles. The van der Waals surface area contributed by atoms with Crippen molar-refractivity contribution in [1.29, 1.82) is 0 Å². The van der Waals surface area contributed by atoms with Crippen LogP contribution in [0.3, 0.4) is 0 Å². The van der Waals surface area contributed by atoms with Crippen molar-refractivity contribution in [2.24, 2.45) is 0 Å². The second kappa shape index (κ2) is 5.14. The largest absolute Gasteiger partial charge is 0.417 e. The highest BCUT2D eigenvalue weighted by atomic mass is 35.5. The fraction of sp³-hybridized carbons (Fsp3) is 0.538. The average Bonchev–Trinajstić information content (AvgIpc) is 3.00. The van der Waals surface area contributed by atoms with Gasteiger partial charge in [0.05, 0.1) is 10.6 Å². The number of aromatic nitrogens is 1. The van der Waals surface area contributed by atoms with Crippen LogP contribution in [0.2, 0.25) is 5.02 Å². The minimum absolute atomic E-state index is 0.0527. The van der Waals surface area contributed by atoms with Crippen molar-refractivity contribution in [3.8, 4) is 0 Å². The van der Waals surface area contributed by atoms with E-state index in [-0.39, 0.29) is 17.8 Å². The summed E-state index contributed by atoms with van der Waals surface area (Å²) in [6.45, 7) is 0. The van der Waals surface area contributed by atoms with Crippen LogP contribution in [-0.2, 0) is 6.18 Å². The van der Waals surface area contributed by atoms with Crippen LogP contribution in [0, 0.1) is 0 Å². The van der Waals surface area contributed by atoms with Crippen LogP contribution < -0.4 is 10.6 Å². The zero-order valence-electron chi connectivity index (χ0n) is 10.9. The van der Waals surface area contributed by atoms with E-state index in [1.54, 1.807) is 0 Å². The highest BCUT2D eigenvalue weighted by Crippen LogP contribution is 2.34. The second-order valence-electron chi connectivity index (χ2n) is 5.41. The minimum Gasteiger partial charge on any atom is -0.346 e. The van der Waals surface area contributed by atoms with Crippen molar-refractivity contribution in [1.82, 2.24) is 15.6 Å². The Hall–Kier alpha value is -1.34. The van der Waals surface area contributed by atoms with Crippen molar-refractivity contribution in [3.63, 3.8) is 0 Å². The van der Waals surface area contributed by atoms with Gasteiger partial charge in [-0.3, -0.25) is 4.79 Å². The van der Waals surface area contributed by atoms with Gasteiger partial charge in [-0.2, -0.15) is 13.2 Å². The molecule has 3 unspecified atom stereocenters. The molecular weight excluding hydrogens is 307 g/mol. The maximum Gasteiger partial charge on any atom is 0.417 e. The highest BCUT2D eigenvalue weighted by molar-refractivity contribution is 6.31. The molecule has 3 heterocycles. The quantitative estimate of drug-likeness (QED) is 0.880. The molecule has 0 saturated carbocycles. The van der Waals surface area contributed by atoms with Gasteiger partial charge in [0.2, 0.25) is 0 Å². The number of carbonyl (C=O) groups is 1. The van der Waals surface area contributed by atoms with Gasteiger partial charge in [-0.05, 0) is 25.3 Å². The fourth-order valence-corrected chi connectivity index (χ4v) is 3.22. The smallest absolute Gasteiger partial charge is 0.346 e. The number of alkyl halides is 3. The zero-order valence-corrected chi connectivity index (χ0v) is 11.6. The molecule has 2 saturated heterocycles. The third kappa shape index (κ3) is 2.85. The van der Waals surface area contributed by atoms with Gasteiger partial charge in [0.1, 0.15) is 5.69 Å². The van der Waals surface area contributed by atoms with Crippen LogP contribution in [0.15, 0.2) is 12.3 Å². The molecule has 3 rings (SSSR count). The first-order valence-corrected chi connectivity index (χ1v) is 7.02. The molecule has 2 aliphatic rings. The van der Waals surface area contributed by atoms with E-state index < -0.39 is 22.7 Å². The number of amides is 1. The molecular formula is C13H13ClF3N3O. The summed E-state index contributed by atoms with van der Waals surface area (Å²) >= 11 is 5.48. The van der Waals surface area contributed by atoms with Crippen LogP contribution in [0.4, 0.5) is 13.2 Å². The van der Waals surface area contributed by atoms with E-state index in [1.807, 2.05) is 0 Å².